The predicted octanol–water partition coefficient (Wildman–Crippen LogP) is 2.79. The zero-order valence-corrected chi connectivity index (χ0v) is 12.5. The number of likely N-dealkylation sites (tertiary alicyclic amines) is 1. The van der Waals surface area contributed by atoms with E-state index in [4.69, 9.17) is 5.73 Å². The van der Waals surface area contributed by atoms with Crippen LogP contribution in [0.2, 0.25) is 0 Å². The van der Waals surface area contributed by atoms with Crippen LogP contribution in [-0.4, -0.2) is 29.1 Å². The Bertz CT molecular complexity index is 463. The Kier molecular flexibility index (Phi) is 3.44. The lowest BCUT2D eigenvalue weighted by Gasteiger charge is -2.37. The molecule has 0 radical (unpaired) electrons. The van der Waals surface area contributed by atoms with Gasteiger partial charge in [0.1, 0.15) is 0 Å². The number of hydrogen-bond acceptors (Lipinski definition) is 2. The van der Waals surface area contributed by atoms with E-state index in [0.717, 1.165) is 6.42 Å². The van der Waals surface area contributed by atoms with Crippen molar-refractivity contribution in [3.05, 3.63) is 23.0 Å². The van der Waals surface area contributed by atoms with Crippen LogP contribution in [0.5, 0.6) is 0 Å². The van der Waals surface area contributed by atoms with Crippen molar-refractivity contribution in [3.63, 3.8) is 0 Å². The minimum Gasteiger partial charge on any atom is -0.345 e. The maximum absolute atomic E-state index is 6.29. The van der Waals surface area contributed by atoms with Gasteiger partial charge < -0.3 is 15.2 Å². The summed E-state index contributed by atoms with van der Waals surface area (Å²) in [7, 11) is 2.24. The largest absolute Gasteiger partial charge is 0.345 e. The third-order valence-corrected chi connectivity index (χ3v) is 5.24. The fraction of sp³-hybridized carbons (Fsp3) is 0.750. The number of aryl methyl sites for hydroxylation is 1. The van der Waals surface area contributed by atoms with Crippen LogP contribution in [0.3, 0.4) is 0 Å². The quantitative estimate of drug-likeness (QED) is 0.843. The van der Waals surface area contributed by atoms with E-state index in [1.807, 2.05) is 0 Å². The average Bonchev–Trinajstić information content (AvgIpc) is 2.71. The first-order chi connectivity index (χ1) is 9.08. The van der Waals surface area contributed by atoms with Crippen molar-refractivity contribution in [2.45, 2.75) is 64.1 Å². The van der Waals surface area contributed by atoms with Crippen LogP contribution in [0, 0.1) is 6.92 Å². The van der Waals surface area contributed by atoms with E-state index in [2.05, 4.69) is 36.4 Å². The molecule has 2 heterocycles. The van der Waals surface area contributed by atoms with E-state index in [9.17, 15) is 0 Å². The number of rotatable bonds is 1. The summed E-state index contributed by atoms with van der Waals surface area (Å²) in [5.74, 6) is 0. The maximum atomic E-state index is 6.29. The van der Waals surface area contributed by atoms with E-state index < -0.39 is 0 Å². The van der Waals surface area contributed by atoms with E-state index in [1.165, 1.54) is 49.2 Å². The molecule has 1 saturated heterocycles. The van der Waals surface area contributed by atoms with Crippen LogP contribution in [0.25, 0.3) is 0 Å². The van der Waals surface area contributed by atoms with Gasteiger partial charge in [0.05, 0.1) is 0 Å². The van der Waals surface area contributed by atoms with E-state index >= 15 is 0 Å². The number of nitrogens with zero attached hydrogens (tertiary/aromatic N) is 2. The highest BCUT2D eigenvalue weighted by Crippen LogP contribution is 2.36. The Morgan fingerprint density at radius 3 is 2.84 bits per heavy atom. The SMILES string of the molecule is Cc1cc2c(n1C1CCN(C)C(C)C1)CCCC2N. The lowest BCUT2D eigenvalue weighted by molar-refractivity contribution is 0.154. The topological polar surface area (TPSA) is 34.2 Å². The standard InChI is InChI=1S/C16H27N3/c1-11-9-13(7-8-18(11)3)19-12(2)10-14-15(17)5-4-6-16(14)19/h10-11,13,15H,4-9,17H2,1-3H3. The van der Waals surface area contributed by atoms with Gasteiger partial charge in [-0.05, 0) is 64.6 Å². The van der Waals surface area contributed by atoms with Crippen LogP contribution in [0.1, 0.15) is 61.6 Å². The molecule has 2 aliphatic rings. The Hall–Kier alpha value is -0.800. The van der Waals surface area contributed by atoms with Gasteiger partial charge in [-0.25, -0.2) is 0 Å². The predicted molar refractivity (Wildman–Crippen MR) is 79.4 cm³/mol. The maximum Gasteiger partial charge on any atom is 0.0362 e. The number of nitrogens with two attached hydrogens (primary N) is 1. The second-order valence-electron chi connectivity index (χ2n) is 6.56. The minimum absolute atomic E-state index is 0.271. The molecule has 3 heteroatoms. The van der Waals surface area contributed by atoms with Crippen LogP contribution in [0.15, 0.2) is 6.07 Å². The lowest BCUT2D eigenvalue weighted by Crippen LogP contribution is -2.39. The normalized spacial score (nSPS) is 32.3. The Morgan fingerprint density at radius 2 is 2.11 bits per heavy atom. The molecule has 1 aromatic rings. The van der Waals surface area contributed by atoms with Gasteiger partial charge in [0.25, 0.3) is 0 Å². The second kappa shape index (κ2) is 4.95. The van der Waals surface area contributed by atoms with Crippen molar-refractivity contribution in [1.82, 2.24) is 9.47 Å². The Morgan fingerprint density at radius 1 is 1.32 bits per heavy atom. The van der Waals surface area contributed by atoms with Gasteiger partial charge in [-0.2, -0.15) is 0 Å². The summed E-state index contributed by atoms with van der Waals surface area (Å²) in [6, 6.07) is 3.99. The van der Waals surface area contributed by atoms with Crippen molar-refractivity contribution >= 4 is 0 Å². The molecule has 0 bridgehead atoms. The van der Waals surface area contributed by atoms with Crippen LogP contribution < -0.4 is 5.73 Å². The molecule has 19 heavy (non-hydrogen) atoms. The molecule has 0 saturated carbocycles. The monoisotopic (exact) mass is 261 g/mol. The summed E-state index contributed by atoms with van der Waals surface area (Å²) >= 11 is 0. The molecule has 0 aromatic carbocycles. The summed E-state index contributed by atoms with van der Waals surface area (Å²) in [5, 5.41) is 0. The van der Waals surface area contributed by atoms with Crippen LogP contribution in [0.4, 0.5) is 0 Å². The van der Waals surface area contributed by atoms with Gasteiger partial charge in [0.15, 0.2) is 0 Å². The number of aromatic nitrogens is 1. The fourth-order valence-corrected chi connectivity index (χ4v) is 3.97. The molecule has 0 amide bonds. The van der Waals surface area contributed by atoms with Crippen LogP contribution >= 0.6 is 0 Å². The summed E-state index contributed by atoms with van der Waals surface area (Å²) in [6.07, 6.45) is 6.17. The molecule has 3 atom stereocenters. The van der Waals surface area contributed by atoms with Crippen molar-refractivity contribution in [2.24, 2.45) is 5.73 Å². The molecule has 1 aromatic heterocycles. The molecule has 1 aliphatic heterocycles. The number of hydrogen-bond donors (Lipinski definition) is 1. The van der Waals surface area contributed by atoms with Gasteiger partial charge in [-0.1, -0.05) is 0 Å². The summed E-state index contributed by atoms with van der Waals surface area (Å²) in [6.45, 7) is 5.82. The van der Waals surface area contributed by atoms with Crippen molar-refractivity contribution < 1.29 is 0 Å². The van der Waals surface area contributed by atoms with Gasteiger partial charge in [-0.15, -0.1) is 0 Å². The fourth-order valence-electron chi connectivity index (χ4n) is 3.97. The van der Waals surface area contributed by atoms with Crippen molar-refractivity contribution in [2.75, 3.05) is 13.6 Å². The second-order valence-corrected chi connectivity index (χ2v) is 6.56. The highest BCUT2D eigenvalue weighted by atomic mass is 15.2. The molecule has 2 N–H and O–H groups in total. The smallest absolute Gasteiger partial charge is 0.0362 e. The molecule has 3 unspecified atom stereocenters. The summed E-state index contributed by atoms with van der Waals surface area (Å²) in [4.78, 5) is 2.48. The Labute approximate surface area is 116 Å². The van der Waals surface area contributed by atoms with E-state index in [0.29, 0.717) is 12.1 Å². The van der Waals surface area contributed by atoms with Gasteiger partial charge in [-0.3, -0.25) is 0 Å². The highest BCUT2D eigenvalue weighted by molar-refractivity contribution is 5.33. The molecule has 1 aliphatic carbocycles. The molecule has 3 rings (SSSR count). The van der Waals surface area contributed by atoms with Crippen LogP contribution in [-0.2, 0) is 6.42 Å². The summed E-state index contributed by atoms with van der Waals surface area (Å²) < 4.78 is 2.62. The third kappa shape index (κ3) is 2.23. The average molecular weight is 261 g/mol. The lowest BCUT2D eigenvalue weighted by atomic mass is 9.92. The molecule has 106 valence electrons. The van der Waals surface area contributed by atoms with E-state index in [1.54, 1.807) is 0 Å². The Balaban J connectivity index is 1.93. The number of fused-ring (bicyclic) bond motifs is 1. The van der Waals surface area contributed by atoms with Crippen molar-refractivity contribution in [3.8, 4) is 0 Å². The first-order valence-electron chi connectivity index (χ1n) is 7.74. The van der Waals surface area contributed by atoms with Crippen molar-refractivity contribution in [1.29, 1.82) is 0 Å². The molecule has 1 fully saturated rings. The summed E-state index contributed by atoms with van der Waals surface area (Å²) in [5.41, 5.74) is 10.7. The highest BCUT2D eigenvalue weighted by Gasteiger charge is 2.29. The van der Waals surface area contributed by atoms with Gasteiger partial charge in [0, 0.05) is 36.1 Å². The molecule has 3 nitrogen and oxygen atoms in total. The number of piperidine rings is 1. The molecule has 0 spiro atoms. The van der Waals surface area contributed by atoms with Gasteiger partial charge >= 0.3 is 0 Å². The first-order valence-corrected chi connectivity index (χ1v) is 7.74. The molecular formula is C16H27N3. The minimum atomic E-state index is 0.271. The first kappa shape index (κ1) is 13.2. The van der Waals surface area contributed by atoms with E-state index in [-0.39, 0.29) is 6.04 Å². The zero-order chi connectivity index (χ0) is 13.6. The molecular weight excluding hydrogens is 234 g/mol. The third-order valence-electron chi connectivity index (χ3n) is 5.24. The van der Waals surface area contributed by atoms with Gasteiger partial charge in [0.2, 0.25) is 0 Å². The zero-order valence-electron chi connectivity index (χ0n) is 12.5.